The molecule has 0 aliphatic carbocycles. The van der Waals surface area contributed by atoms with E-state index in [9.17, 15) is 13.2 Å². The Kier molecular flexibility index (Phi) is 6.27. The van der Waals surface area contributed by atoms with E-state index >= 15 is 0 Å². The highest BCUT2D eigenvalue weighted by atomic mass is 32.2. The van der Waals surface area contributed by atoms with Crippen molar-refractivity contribution in [2.45, 2.75) is 56.4 Å². The van der Waals surface area contributed by atoms with Gasteiger partial charge in [0.2, 0.25) is 15.9 Å². The lowest BCUT2D eigenvalue weighted by Gasteiger charge is -2.31. The van der Waals surface area contributed by atoms with E-state index in [2.05, 4.69) is 26.1 Å². The van der Waals surface area contributed by atoms with Gasteiger partial charge in [0.05, 0.1) is 11.3 Å². The average Bonchev–Trinajstić information content (AvgIpc) is 3.14. The van der Waals surface area contributed by atoms with Crippen LogP contribution in [0.5, 0.6) is 0 Å². The molecular formula is C21H28N2O3S2. The zero-order valence-corrected chi connectivity index (χ0v) is 18.3. The van der Waals surface area contributed by atoms with Crippen LogP contribution in [0.15, 0.2) is 46.7 Å². The molecule has 2 heterocycles. The van der Waals surface area contributed by atoms with Gasteiger partial charge in [0.1, 0.15) is 0 Å². The molecule has 0 spiro atoms. The molecule has 1 N–H and O–H groups in total. The minimum absolute atomic E-state index is 0.00141. The fourth-order valence-corrected chi connectivity index (χ4v) is 5.54. The lowest BCUT2D eigenvalue weighted by Crippen LogP contribution is -2.46. The number of sulfonamides is 1. The van der Waals surface area contributed by atoms with E-state index in [0.717, 1.165) is 10.4 Å². The van der Waals surface area contributed by atoms with Crippen molar-refractivity contribution in [3.8, 4) is 0 Å². The van der Waals surface area contributed by atoms with Crippen LogP contribution < -0.4 is 5.32 Å². The average molecular weight is 421 g/mol. The number of thiophene rings is 1. The van der Waals surface area contributed by atoms with E-state index in [-0.39, 0.29) is 17.4 Å². The molecule has 0 saturated carbocycles. The lowest BCUT2D eigenvalue weighted by atomic mass is 9.87. The third-order valence-electron chi connectivity index (χ3n) is 5.09. The standard InChI is InChI=1S/C21H28N2O3S2/c1-21(2,3)16-6-8-19(9-7-16)28(25,26)23-12-10-17(11-13-23)22-20(24)15-18-5-4-14-27-18/h4-9,14,17H,10-13,15H2,1-3H3,(H,22,24). The minimum atomic E-state index is -3.49. The fraction of sp³-hybridized carbons (Fsp3) is 0.476. The van der Waals surface area contributed by atoms with Gasteiger partial charge >= 0.3 is 0 Å². The Morgan fingerprint density at radius 1 is 1.14 bits per heavy atom. The van der Waals surface area contributed by atoms with Gasteiger partial charge in [-0.05, 0) is 47.4 Å². The van der Waals surface area contributed by atoms with Crippen LogP contribution in [0.1, 0.15) is 44.1 Å². The van der Waals surface area contributed by atoms with Crippen molar-refractivity contribution in [1.29, 1.82) is 0 Å². The zero-order chi connectivity index (χ0) is 20.4. The van der Waals surface area contributed by atoms with E-state index in [4.69, 9.17) is 0 Å². The van der Waals surface area contributed by atoms with Crippen LogP contribution in [0, 0.1) is 0 Å². The van der Waals surface area contributed by atoms with Crippen molar-refractivity contribution in [2.24, 2.45) is 0 Å². The van der Waals surface area contributed by atoms with Crippen molar-refractivity contribution in [3.05, 3.63) is 52.2 Å². The number of amides is 1. The molecule has 1 fully saturated rings. The van der Waals surface area contributed by atoms with Crippen molar-refractivity contribution < 1.29 is 13.2 Å². The first kappa shape index (κ1) is 21.0. The van der Waals surface area contributed by atoms with Crippen LogP contribution in [0.25, 0.3) is 0 Å². The highest BCUT2D eigenvalue weighted by Gasteiger charge is 2.30. The summed E-state index contributed by atoms with van der Waals surface area (Å²) in [6.07, 6.45) is 1.65. The summed E-state index contributed by atoms with van der Waals surface area (Å²) in [7, 11) is -3.49. The summed E-state index contributed by atoms with van der Waals surface area (Å²) in [5.74, 6) is 0.00141. The van der Waals surface area contributed by atoms with Crippen molar-refractivity contribution in [1.82, 2.24) is 9.62 Å². The van der Waals surface area contributed by atoms with Crippen LogP contribution in [0.4, 0.5) is 0 Å². The number of rotatable bonds is 5. The Hall–Kier alpha value is -1.70. The first-order valence-corrected chi connectivity index (χ1v) is 11.9. The van der Waals surface area contributed by atoms with Crippen LogP contribution in [-0.2, 0) is 26.7 Å². The van der Waals surface area contributed by atoms with Crippen LogP contribution >= 0.6 is 11.3 Å². The predicted molar refractivity (Wildman–Crippen MR) is 113 cm³/mol. The minimum Gasteiger partial charge on any atom is -0.353 e. The molecule has 1 aromatic heterocycles. The van der Waals surface area contributed by atoms with Gasteiger partial charge in [-0.25, -0.2) is 8.42 Å². The second-order valence-electron chi connectivity index (χ2n) is 8.28. The number of hydrogen-bond donors (Lipinski definition) is 1. The molecule has 1 amide bonds. The summed E-state index contributed by atoms with van der Waals surface area (Å²) in [6.45, 7) is 7.16. The Morgan fingerprint density at radius 2 is 1.79 bits per heavy atom. The first-order chi connectivity index (χ1) is 13.2. The van der Waals surface area contributed by atoms with Crippen molar-refractivity contribution >= 4 is 27.3 Å². The van der Waals surface area contributed by atoms with Gasteiger partial charge < -0.3 is 5.32 Å². The van der Waals surface area contributed by atoms with Crippen LogP contribution in [-0.4, -0.2) is 37.8 Å². The SMILES string of the molecule is CC(C)(C)c1ccc(S(=O)(=O)N2CCC(NC(=O)Cc3cccs3)CC2)cc1. The van der Waals surface area contributed by atoms with Gasteiger partial charge in [0.15, 0.2) is 0 Å². The zero-order valence-electron chi connectivity index (χ0n) is 16.6. The van der Waals surface area contributed by atoms with Gasteiger partial charge in [-0.15, -0.1) is 11.3 Å². The quantitative estimate of drug-likeness (QED) is 0.804. The smallest absolute Gasteiger partial charge is 0.243 e. The third kappa shape index (κ3) is 5.01. The molecule has 3 rings (SSSR count). The Morgan fingerprint density at radius 3 is 2.32 bits per heavy atom. The summed E-state index contributed by atoms with van der Waals surface area (Å²) in [6, 6.07) is 11.1. The van der Waals surface area contributed by atoms with E-state index < -0.39 is 10.0 Å². The topological polar surface area (TPSA) is 66.5 Å². The largest absolute Gasteiger partial charge is 0.353 e. The molecule has 1 aliphatic rings. The highest BCUT2D eigenvalue weighted by Crippen LogP contribution is 2.26. The number of nitrogens with one attached hydrogen (secondary N) is 1. The summed E-state index contributed by atoms with van der Waals surface area (Å²) in [5, 5.41) is 5.00. The summed E-state index contributed by atoms with van der Waals surface area (Å²) in [4.78, 5) is 13.5. The summed E-state index contributed by atoms with van der Waals surface area (Å²) < 4.78 is 27.4. The number of benzene rings is 1. The number of piperidine rings is 1. The number of hydrogen-bond acceptors (Lipinski definition) is 4. The van der Waals surface area contributed by atoms with E-state index in [0.29, 0.717) is 37.2 Å². The maximum absolute atomic E-state index is 12.9. The lowest BCUT2D eigenvalue weighted by molar-refractivity contribution is -0.121. The van der Waals surface area contributed by atoms with Gasteiger partial charge in [0.25, 0.3) is 0 Å². The molecule has 2 aromatic rings. The molecule has 0 unspecified atom stereocenters. The molecule has 5 nitrogen and oxygen atoms in total. The Bertz CT molecular complexity index is 890. The summed E-state index contributed by atoms with van der Waals surface area (Å²) >= 11 is 1.57. The molecule has 1 aromatic carbocycles. The van der Waals surface area contributed by atoms with E-state index in [1.165, 1.54) is 4.31 Å². The molecule has 0 bridgehead atoms. The van der Waals surface area contributed by atoms with Gasteiger partial charge in [0, 0.05) is 24.0 Å². The first-order valence-electron chi connectivity index (χ1n) is 9.59. The van der Waals surface area contributed by atoms with Crippen LogP contribution in [0.3, 0.4) is 0 Å². The molecule has 152 valence electrons. The molecule has 7 heteroatoms. The second-order valence-corrected chi connectivity index (χ2v) is 11.2. The van der Waals surface area contributed by atoms with Crippen molar-refractivity contribution in [2.75, 3.05) is 13.1 Å². The maximum atomic E-state index is 12.9. The number of carbonyl (C=O) groups is 1. The Labute approximate surface area is 171 Å². The fourth-order valence-electron chi connectivity index (χ4n) is 3.37. The second kappa shape index (κ2) is 8.35. The summed E-state index contributed by atoms with van der Waals surface area (Å²) in [5.41, 5.74) is 1.10. The van der Waals surface area contributed by atoms with E-state index in [1.807, 2.05) is 29.6 Å². The monoisotopic (exact) mass is 420 g/mol. The van der Waals surface area contributed by atoms with Gasteiger partial charge in [-0.3, -0.25) is 4.79 Å². The van der Waals surface area contributed by atoms with Crippen LogP contribution in [0.2, 0.25) is 0 Å². The maximum Gasteiger partial charge on any atom is 0.243 e. The molecule has 0 radical (unpaired) electrons. The molecule has 28 heavy (non-hydrogen) atoms. The predicted octanol–water partition coefficient (Wildman–Crippen LogP) is 3.56. The Balaban J connectivity index is 1.56. The molecule has 1 saturated heterocycles. The third-order valence-corrected chi connectivity index (χ3v) is 7.88. The molecular weight excluding hydrogens is 392 g/mol. The van der Waals surface area contributed by atoms with Crippen molar-refractivity contribution in [3.63, 3.8) is 0 Å². The number of nitrogens with zero attached hydrogens (tertiary/aromatic N) is 1. The van der Waals surface area contributed by atoms with Gasteiger partial charge in [-0.2, -0.15) is 4.31 Å². The molecule has 1 aliphatic heterocycles. The highest BCUT2D eigenvalue weighted by molar-refractivity contribution is 7.89. The van der Waals surface area contributed by atoms with Gasteiger partial charge in [-0.1, -0.05) is 39.0 Å². The normalized spacial score (nSPS) is 16.8. The van der Waals surface area contributed by atoms with E-state index in [1.54, 1.807) is 23.5 Å². The molecule has 0 atom stereocenters. The number of carbonyl (C=O) groups excluding carboxylic acids is 1.